The molecule has 4 aromatic rings. The van der Waals surface area contributed by atoms with Crippen LogP contribution >= 0.6 is 0 Å². The van der Waals surface area contributed by atoms with Crippen LogP contribution < -0.4 is 10.1 Å². The molecule has 31 heavy (non-hydrogen) atoms. The topological polar surface area (TPSA) is 58.6 Å². The second-order valence-electron chi connectivity index (χ2n) is 7.59. The first kappa shape index (κ1) is 20.6. The Hall–Kier alpha value is -3.63. The first-order valence-corrected chi connectivity index (χ1v) is 10.3. The van der Waals surface area contributed by atoms with E-state index < -0.39 is 5.97 Å². The van der Waals surface area contributed by atoms with Crippen molar-refractivity contribution in [1.82, 2.24) is 5.32 Å². The van der Waals surface area contributed by atoms with Gasteiger partial charge < -0.3 is 15.2 Å². The molecule has 0 bridgehead atoms. The number of fused-ring (bicyclic) bond motifs is 1. The maximum absolute atomic E-state index is 11.4. The van der Waals surface area contributed by atoms with E-state index in [1.54, 1.807) is 25.3 Å². The van der Waals surface area contributed by atoms with Crippen LogP contribution in [0.25, 0.3) is 21.9 Å². The van der Waals surface area contributed by atoms with Gasteiger partial charge in [-0.05, 0) is 58.7 Å². The van der Waals surface area contributed by atoms with Gasteiger partial charge in [-0.15, -0.1) is 0 Å². The van der Waals surface area contributed by atoms with Crippen LogP contribution in [0.1, 0.15) is 34.5 Å². The predicted octanol–water partition coefficient (Wildman–Crippen LogP) is 6.06. The zero-order valence-corrected chi connectivity index (χ0v) is 17.6. The number of aromatic carboxylic acids is 1. The van der Waals surface area contributed by atoms with E-state index in [1.807, 2.05) is 18.2 Å². The molecule has 0 heterocycles. The fourth-order valence-electron chi connectivity index (χ4n) is 3.92. The third kappa shape index (κ3) is 4.44. The van der Waals surface area contributed by atoms with Crippen LogP contribution in [0, 0.1) is 0 Å². The van der Waals surface area contributed by atoms with E-state index in [9.17, 15) is 9.90 Å². The number of hydrogen-bond donors (Lipinski definition) is 2. The van der Waals surface area contributed by atoms with Gasteiger partial charge in [-0.3, -0.25) is 0 Å². The quantitative estimate of drug-likeness (QED) is 0.388. The Morgan fingerprint density at radius 3 is 2.55 bits per heavy atom. The molecular weight excluding hydrogens is 386 g/mol. The summed E-state index contributed by atoms with van der Waals surface area (Å²) >= 11 is 0. The van der Waals surface area contributed by atoms with Crippen LogP contribution in [0.2, 0.25) is 0 Å². The lowest BCUT2D eigenvalue weighted by Gasteiger charge is -2.18. The van der Waals surface area contributed by atoms with Crippen molar-refractivity contribution in [2.45, 2.75) is 19.5 Å². The highest BCUT2D eigenvalue weighted by molar-refractivity contribution is 5.90. The Kier molecular flexibility index (Phi) is 6.01. The van der Waals surface area contributed by atoms with Gasteiger partial charge in [-0.2, -0.15) is 0 Å². The van der Waals surface area contributed by atoms with Crippen molar-refractivity contribution < 1.29 is 14.6 Å². The van der Waals surface area contributed by atoms with Gasteiger partial charge in [0.25, 0.3) is 0 Å². The number of carbonyl (C=O) groups is 1. The van der Waals surface area contributed by atoms with Crippen molar-refractivity contribution in [1.29, 1.82) is 0 Å². The number of rotatable bonds is 7. The van der Waals surface area contributed by atoms with Crippen molar-refractivity contribution in [3.05, 3.63) is 102 Å². The van der Waals surface area contributed by atoms with E-state index in [2.05, 4.69) is 60.8 Å². The summed E-state index contributed by atoms with van der Waals surface area (Å²) in [5, 5.41) is 15.4. The molecule has 4 heteroatoms. The Morgan fingerprint density at radius 1 is 0.968 bits per heavy atom. The molecule has 2 N–H and O–H groups in total. The largest absolute Gasteiger partial charge is 0.496 e. The number of ether oxygens (including phenoxy) is 1. The van der Waals surface area contributed by atoms with E-state index in [0.717, 1.165) is 16.7 Å². The van der Waals surface area contributed by atoms with Gasteiger partial charge in [0.05, 0.1) is 12.7 Å². The van der Waals surface area contributed by atoms with E-state index in [4.69, 9.17) is 4.74 Å². The molecule has 0 spiro atoms. The second kappa shape index (κ2) is 9.02. The lowest BCUT2D eigenvalue weighted by Crippen LogP contribution is -2.18. The molecule has 0 aliphatic heterocycles. The highest BCUT2D eigenvalue weighted by Gasteiger charge is 2.12. The Bertz CT molecular complexity index is 1230. The monoisotopic (exact) mass is 411 g/mol. The molecule has 4 aromatic carbocycles. The standard InChI is InChI=1S/C27H25NO3/c1-18(23-12-6-8-20-7-3-4-11-24(20)23)28-17-19-13-14-26(31-2)25(15-19)21-9-5-10-22(16-21)27(29)30/h3-16,18,28H,17H2,1-2H3,(H,29,30). The Balaban J connectivity index is 1.59. The minimum atomic E-state index is -0.942. The maximum atomic E-state index is 11.4. The second-order valence-corrected chi connectivity index (χ2v) is 7.59. The van der Waals surface area contributed by atoms with Crippen molar-refractivity contribution in [2.75, 3.05) is 7.11 Å². The molecular formula is C27H25NO3. The van der Waals surface area contributed by atoms with Gasteiger partial charge in [-0.1, -0.05) is 60.7 Å². The molecule has 1 unspecified atom stereocenters. The first-order chi connectivity index (χ1) is 15.1. The fourth-order valence-corrected chi connectivity index (χ4v) is 3.92. The number of methoxy groups -OCH3 is 1. The molecule has 0 aliphatic rings. The molecule has 0 aliphatic carbocycles. The minimum absolute atomic E-state index is 0.173. The molecule has 0 saturated carbocycles. The molecule has 0 amide bonds. The van der Waals surface area contributed by atoms with Gasteiger partial charge in [-0.25, -0.2) is 4.79 Å². The number of benzene rings is 4. The zero-order chi connectivity index (χ0) is 21.8. The fraction of sp³-hybridized carbons (Fsp3) is 0.148. The SMILES string of the molecule is COc1ccc(CNC(C)c2cccc3ccccc23)cc1-c1cccc(C(=O)O)c1. The summed E-state index contributed by atoms with van der Waals surface area (Å²) in [5.74, 6) is -0.226. The molecule has 0 aromatic heterocycles. The summed E-state index contributed by atoms with van der Waals surface area (Å²) in [6, 6.07) is 27.9. The lowest BCUT2D eigenvalue weighted by molar-refractivity contribution is 0.0697. The summed E-state index contributed by atoms with van der Waals surface area (Å²) in [4.78, 5) is 11.4. The Morgan fingerprint density at radius 2 is 1.74 bits per heavy atom. The van der Waals surface area contributed by atoms with Crippen LogP contribution in [0.3, 0.4) is 0 Å². The average molecular weight is 412 g/mol. The normalized spacial score (nSPS) is 11.9. The van der Waals surface area contributed by atoms with Gasteiger partial charge in [0.15, 0.2) is 0 Å². The smallest absolute Gasteiger partial charge is 0.335 e. The van der Waals surface area contributed by atoms with Gasteiger partial charge in [0, 0.05) is 18.2 Å². The van der Waals surface area contributed by atoms with Crippen molar-refractivity contribution in [2.24, 2.45) is 0 Å². The summed E-state index contributed by atoms with van der Waals surface area (Å²) in [7, 11) is 1.63. The van der Waals surface area contributed by atoms with E-state index >= 15 is 0 Å². The van der Waals surface area contributed by atoms with Crippen molar-refractivity contribution in [3.8, 4) is 16.9 Å². The van der Waals surface area contributed by atoms with Crippen LogP contribution in [-0.2, 0) is 6.54 Å². The van der Waals surface area contributed by atoms with Gasteiger partial charge in [0.2, 0.25) is 0 Å². The number of carboxylic acid groups (broad SMARTS) is 1. The van der Waals surface area contributed by atoms with Crippen molar-refractivity contribution >= 4 is 16.7 Å². The van der Waals surface area contributed by atoms with E-state index in [-0.39, 0.29) is 11.6 Å². The third-order valence-corrected chi connectivity index (χ3v) is 5.59. The lowest BCUT2D eigenvalue weighted by atomic mass is 9.98. The van der Waals surface area contributed by atoms with E-state index in [1.165, 1.54) is 16.3 Å². The molecule has 0 radical (unpaired) electrons. The highest BCUT2D eigenvalue weighted by atomic mass is 16.5. The van der Waals surface area contributed by atoms with Crippen LogP contribution in [0.4, 0.5) is 0 Å². The summed E-state index contributed by atoms with van der Waals surface area (Å²) in [6.07, 6.45) is 0. The molecule has 4 rings (SSSR count). The van der Waals surface area contributed by atoms with Crippen LogP contribution in [0.15, 0.2) is 84.9 Å². The van der Waals surface area contributed by atoms with E-state index in [0.29, 0.717) is 12.3 Å². The van der Waals surface area contributed by atoms with Gasteiger partial charge in [0.1, 0.15) is 5.75 Å². The molecule has 4 nitrogen and oxygen atoms in total. The first-order valence-electron chi connectivity index (χ1n) is 10.3. The molecule has 156 valence electrons. The maximum Gasteiger partial charge on any atom is 0.335 e. The molecule has 1 atom stereocenters. The van der Waals surface area contributed by atoms with Crippen LogP contribution in [0.5, 0.6) is 5.75 Å². The average Bonchev–Trinajstić information content (AvgIpc) is 2.82. The predicted molar refractivity (Wildman–Crippen MR) is 125 cm³/mol. The van der Waals surface area contributed by atoms with Crippen molar-refractivity contribution in [3.63, 3.8) is 0 Å². The van der Waals surface area contributed by atoms with Crippen LogP contribution in [-0.4, -0.2) is 18.2 Å². The number of hydrogen-bond acceptors (Lipinski definition) is 3. The summed E-state index contributed by atoms with van der Waals surface area (Å²) in [5.41, 5.74) is 4.32. The third-order valence-electron chi connectivity index (χ3n) is 5.59. The zero-order valence-electron chi connectivity index (χ0n) is 17.6. The highest BCUT2D eigenvalue weighted by Crippen LogP contribution is 2.32. The molecule has 0 saturated heterocycles. The Labute approximate surface area is 182 Å². The number of nitrogens with one attached hydrogen (secondary N) is 1. The van der Waals surface area contributed by atoms with Gasteiger partial charge >= 0.3 is 5.97 Å². The number of carboxylic acids is 1. The summed E-state index contributed by atoms with van der Waals surface area (Å²) < 4.78 is 5.53. The minimum Gasteiger partial charge on any atom is -0.496 e. The molecule has 0 fully saturated rings. The summed E-state index contributed by atoms with van der Waals surface area (Å²) in [6.45, 7) is 2.85.